The molecule has 2 nitrogen and oxygen atoms in total. The van der Waals surface area contributed by atoms with Crippen LogP contribution in [0.15, 0.2) is 46.9 Å². The summed E-state index contributed by atoms with van der Waals surface area (Å²) in [6.45, 7) is 2.64. The summed E-state index contributed by atoms with van der Waals surface area (Å²) in [6.07, 6.45) is 0. The Morgan fingerprint density at radius 3 is 2.76 bits per heavy atom. The minimum atomic E-state index is -0.164. The van der Waals surface area contributed by atoms with E-state index in [1.807, 2.05) is 37.3 Å². The van der Waals surface area contributed by atoms with Gasteiger partial charge in [-0.25, -0.2) is 4.98 Å². The van der Waals surface area contributed by atoms with Gasteiger partial charge < -0.3 is 4.57 Å². The molecule has 108 valence electrons. The fourth-order valence-electron chi connectivity index (χ4n) is 2.40. The van der Waals surface area contributed by atoms with Gasteiger partial charge in [0, 0.05) is 16.0 Å². The van der Waals surface area contributed by atoms with Crippen molar-refractivity contribution in [2.24, 2.45) is 0 Å². The molecule has 1 unspecified atom stereocenters. The molecule has 0 bridgehead atoms. The van der Waals surface area contributed by atoms with Gasteiger partial charge in [0.1, 0.15) is 5.82 Å². The average molecular weight is 384 g/mol. The number of hydrogen-bond acceptors (Lipinski definition) is 1. The molecule has 0 saturated heterocycles. The first kappa shape index (κ1) is 14.9. The second-order valence-corrected chi connectivity index (χ2v) is 6.94. The van der Waals surface area contributed by atoms with Crippen LogP contribution < -0.4 is 0 Å². The summed E-state index contributed by atoms with van der Waals surface area (Å²) < 4.78 is 3.18. The van der Waals surface area contributed by atoms with Crippen LogP contribution in [0.25, 0.3) is 11.0 Å². The van der Waals surface area contributed by atoms with E-state index in [-0.39, 0.29) is 5.38 Å². The summed E-state index contributed by atoms with van der Waals surface area (Å²) in [5.41, 5.74) is 3.10. The van der Waals surface area contributed by atoms with Crippen molar-refractivity contribution < 1.29 is 0 Å². The van der Waals surface area contributed by atoms with E-state index in [9.17, 15) is 0 Å². The molecule has 21 heavy (non-hydrogen) atoms. The molecule has 0 aliphatic carbocycles. The van der Waals surface area contributed by atoms with Gasteiger partial charge in [-0.15, -0.1) is 11.6 Å². The van der Waals surface area contributed by atoms with Gasteiger partial charge in [0.2, 0.25) is 0 Å². The molecule has 1 aromatic heterocycles. The highest BCUT2D eigenvalue weighted by Crippen LogP contribution is 2.27. The van der Waals surface area contributed by atoms with E-state index >= 15 is 0 Å². The Hall–Kier alpha value is -1.03. The van der Waals surface area contributed by atoms with Gasteiger partial charge in [-0.2, -0.15) is 0 Å². The summed E-state index contributed by atoms with van der Waals surface area (Å²) in [4.78, 5) is 4.63. The summed E-state index contributed by atoms with van der Waals surface area (Å²) >= 11 is 15.9. The Morgan fingerprint density at radius 2 is 2.05 bits per heavy atom. The maximum Gasteiger partial charge on any atom is 0.128 e. The highest BCUT2D eigenvalue weighted by Gasteiger charge is 2.15. The Morgan fingerprint density at radius 1 is 1.24 bits per heavy atom. The van der Waals surface area contributed by atoms with E-state index in [1.165, 1.54) is 5.56 Å². The smallest absolute Gasteiger partial charge is 0.128 e. The SMILES string of the molecule is CC(Cl)c1nc2ccc(Cl)cc2n1Cc1cccc(Br)c1. The van der Waals surface area contributed by atoms with Gasteiger partial charge in [0.15, 0.2) is 0 Å². The third kappa shape index (κ3) is 3.10. The van der Waals surface area contributed by atoms with E-state index in [0.29, 0.717) is 11.6 Å². The van der Waals surface area contributed by atoms with Gasteiger partial charge in [0.05, 0.1) is 16.4 Å². The third-order valence-electron chi connectivity index (χ3n) is 3.33. The number of nitrogens with zero attached hydrogens (tertiary/aromatic N) is 2. The Kier molecular flexibility index (Phi) is 4.25. The van der Waals surface area contributed by atoms with Crippen LogP contribution in [0.5, 0.6) is 0 Å². The van der Waals surface area contributed by atoms with Gasteiger partial charge in [-0.3, -0.25) is 0 Å². The third-order valence-corrected chi connectivity index (χ3v) is 4.25. The van der Waals surface area contributed by atoms with Crippen molar-refractivity contribution in [3.63, 3.8) is 0 Å². The van der Waals surface area contributed by atoms with E-state index < -0.39 is 0 Å². The molecule has 1 heterocycles. The van der Waals surface area contributed by atoms with Crippen LogP contribution in [0, 0.1) is 0 Å². The standard InChI is InChI=1S/C16H13BrCl2N2/c1-10(18)16-20-14-6-5-13(19)8-15(14)21(16)9-11-3-2-4-12(17)7-11/h2-8,10H,9H2,1H3. The lowest BCUT2D eigenvalue weighted by atomic mass is 10.2. The van der Waals surface area contributed by atoms with Gasteiger partial charge in [-0.1, -0.05) is 39.7 Å². The van der Waals surface area contributed by atoms with Crippen LogP contribution in [0.2, 0.25) is 5.02 Å². The van der Waals surface area contributed by atoms with Crippen LogP contribution >= 0.6 is 39.1 Å². The molecule has 0 saturated carbocycles. The van der Waals surface area contributed by atoms with E-state index in [0.717, 1.165) is 21.3 Å². The molecule has 3 rings (SSSR count). The Bertz CT molecular complexity index is 796. The molecule has 2 aromatic carbocycles. The van der Waals surface area contributed by atoms with Crippen LogP contribution in [0.1, 0.15) is 23.7 Å². The highest BCUT2D eigenvalue weighted by atomic mass is 79.9. The minimum absolute atomic E-state index is 0.164. The molecule has 0 N–H and O–H groups in total. The lowest BCUT2D eigenvalue weighted by molar-refractivity contribution is 0.742. The molecule has 0 radical (unpaired) electrons. The largest absolute Gasteiger partial charge is 0.322 e. The number of imidazole rings is 1. The summed E-state index contributed by atoms with van der Waals surface area (Å²) in [6, 6.07) is 13.9. The number of rotatable bonds is 3. The topological polar surface area (TPSA) is 17.8 Å². The molecule has 3 aromatic rings. The first-order valence-corrected chi connectivity index (χ1v) is 8.19. The summed E-state index contributed by atoms with van der Waals surface area (Å²) in [5, 5.41) is 0.537. The lowest BCUT2D eigenvalue weighted by Crippen LogP contribution is -2.05. The summed E-state index contributed by atoms with van der Waals surface area (Å²) in [7, 11) is 0. The molecular formula is C16H13BrCl2N2. The van der Waals surface area contributed by atoms with Gasteiger partial charge >= 0.3 is 0 Å². The molecule has 1 atom stereocenters. The van der Waals surface area contributed by atoms with Gasteiger partial charge in [-0.05, 0) is 42.8 Å². The average Bonchev–Trinajstić information content (AvgIpc) is 2.77. The number of halogens is 3. The number of alkyl halides is 1. The van der Waals surface area contributed by atoms with Crippen molar-refractivity contribution in [2.45, 2.75) is 18.8 Å². The molecule has 0 amide bonds. The molecule has 0 aliphatic rings. The number of aromatic nitrogens is 2. The second kappa shape index (κ2) is 5.99. The fraction of sp³-hybridized carbons (Fsp3) is 0.188. The van der Waals surface area contributed by atoms with Gasteiger partial charge in [0.25, 0.3) is 0 Å². The fourth-order valence-corrected chi connectivity index (χ4v) is 3.18. The zero-order valence-electron chi connectivity index (χ0n) is 11.4. The maximum atomic E-state index is 6.29. The van der Waals surface area contributed by atoms with Crippen molar-refractivity contribution in [1.29, 1.82) is 0 Å². The number of fused-ring (bicyclic) bond motifs is 1. The Balaban J connectivity index is 2.14. The van der Waals surface area contributed by atoms with E-state index in [1.54, 1.807) is 0 Å². The molecule has 0 spiro atoms. The normalized spacial score (nSPS) is 12.8. The van der Waals surface area contributed by atoms with E-state index in [2.05, 4.69) is 37.6 Å². The first-order chi connectivity index (χ1) is 10.0. The monoisotopic (exact) mass is 382 g/mol. The maximum absolute atomic E-state index is 6.29. The molecule has 0 fully saturated rings. The van der Waals surface area contributed by atoms with Crippen LogP contribution in [0.3, 0.4) is 0 Å². The van der Waals surface area contributed by atoms with Crippen LogP contribution in [-0.2, 0) is 6.54 Å². The van der Waals surface area contributed by atoms with E-state index in [4.69, 9.17) is 23.2 Å². The number of hydrogen-bond donors (Lipinski definition) is 0. The summed E-state index contributed by atoms with van der Waals surface area (Å²) in [5.74, 6) is 0.855. The zero-order chi connectivity index (χ0) is 15.0. The number of benzene rings is 2. The predicted molar refractivity (Wildman–Crippen MR) is 92.3 cm³/mol. The zero-order valence-corrected chi connectivity index (χ0v) is 14.5. The van der Waals surface area contributed by atoms with Crippen molar-refractivity contribution in [3.8, 4) is 0 Å². The van der Waals surface area contributed by atoms with Crippen molar-refractivity contribution in [3.05, 3.63) is 63.3 Å². The van der Waals surface area contributed by atoms with Crippen molar-refractivity contribution in [1.82, 2.24) is 9.55 Å². The first-order valence-electron chi connectivity index (χ1n) is 6.59. The Labute approximate surface area is 141 Å². The van der Waals surface area contributed by atoms with Crippen molar-refractivity contribution >= 4 is 50.2 Å². The highest BCUT2D eigenvalue weighted by molar-refractivity contribution is 9.10. The molecule has 0 aliphatic heterocycles. The minimum Gasteiger partial charge on any atom is -0.322 e. The second-order valence-electron chi connectivity index (χ2n) is 4.94. The molecular weight excluding hydrogens is 371 g/mol. The van der Waals surface area contributed by atoms with Crippen LogP contribution in [0.4, 0.5) is 0 Å². The lowest BCUT2D eigenvalue weighted by Gasteiger charge is -2.11. The quantitative estimate of drug-likeness (QED) is 0.522. The van der Waals surface area contributed by atoms with Crippen LogP contribution in [-0.4, -0.2) is 9.55 Å². The van der Waals surface area contributed by atoms with Crippen molar-refractivity contribution in [2.75, 3.05) is 0 Å². The predicted octanol–water partition coefficient (Wildman–Crippen LogP) is 5.80. The molecule has 5 heteroatoms.